The van der Waals surface area contributed by atoms with Crippen molar-refractivity contribution in [2.45, 2.75) is 6.42 Å². The second-order valence-electron chi connectivity index (χ2n) is 4.47. The summed E-state index contributed by atoms with van der Waals surface area (Å²) in [6.45, 7) is 6.98. The lowest BCUT2D eigenvalue weighted by atomic mass is 9.92. The predicted molar refractivity (Wildman–Crippen MR) is 74.9 cm³/mol. The molecule has 6 nitrogen and oxygen atoms in total. The summed E-state index contributed by atoms with van der Waals surface area (Å²) in [7, 11) is 0. The average molecular weight is 276 g/mol. The highest BCUT2D eigenvalue weighted by Crippen LogP contribution is 2.19. The van der Waals surface area contributed by atoms with Crippen LogP contribution in [0.15, 0.2) is 12.7 Å². The first-order valence-electron chi connectivity index (χ1n) is 6.60. The molecule has 0 rings (SSSR count). The van der Waals surface area contributed by atoms with Crippen LogP contribution >= 0.6 is 0 Å². The SMILES string of the molecule is C=CCCOCC(CO)(COCCN)COCCN. The van der Waals surface area contributed by atoms with E-state index in [2.05, 4.69) is 6.58 Å². The lowest BCUT2D eigenvalue weighted by molar-refractivity contribution is -0.0903. The molecule has 0 aromatic heterocycles. The van der Waals surface area contributed by atoms with Crippen LogP contribution in [-0.2, 0) is 14.2 Å². The van der Waals surface area contributed by atoms with Gasteiger partial charge in [-0.05, 0) is 6.42 Å². The van der Waals surface area contributed by atoms with E-state index in [1.54, 1.807) is 6.08 Å². The number of hydrogen-bond donors (Lipinski definition) is 3. The predicted octanol–water partition coefficient (Wildman–Crippen LogP) is -0.492. The number of ether oxygens (including phenoxy) is 3. The molecular formula is C13H28N2O4. The smallest absolute Gasteiger partial charge is 0.0635 e. The van der Waals surface area contributed by atoms with Gasteiger partial charge in [-0.25, -0.2) is 0 Å². The van der Waals surface area contributed by atoms with Crippen molar-refractivity contribution in [3.8, 4) is 0 Å². The summed E-state index contributed by atoms with van der Waals surface area (Å²) in [5, 5.41) is 9.61. The number of rotatable bonds is 14. The molecule has 0 bridgehead atoms. The first-order valence-corrected chi connectivity index (χ1v) is 6.60. The first kappa shape index (κ1) is 18.5. The number of aliphatic hydroxyl groups is 1. The van der Waals surface area contributed by atoms with Gasteiger partial charge in [0, 0.05) is 13.1 Å². The van der Waals surface area contributed by atoms with E-state index < -0.39 is 5.41 Å². The van der Waals surface area contributed by atoms with E-state index in [0.29, 0.717) is 52.7 Å². The van der Waals surface area contributed by atoms with E-state index >= 15 is 0 Å². The van der Waals surface area contributed by atoms with E-state index in [4.69, 9.17) is 25.7 Å². The lowest BCUT2D eigenvalue weighted by Gasteiger charge is -2.31. The lowest BCUT2D eigenvalue weighted by Crippen LogP contribution is -2.41. The molecule has 0 heterocycles. The maximum atomic E-state index is 9.61. The molecule has 0 fully saturated rings. The fourth-order valence-corrected chi connectivity index (χ4v) is 1.46. The Balaban J connectivity index is 4.23. The fraction of sp³-hybridized carbons (Fsp3) is 0.846. The van der Waals surface area contributed by atoms with Crippen LogP contribution in [0.25, 0.3) is 0 Å². The highest BCUT2D eigenvalue weighted by atomic mass is 16.5. The van der Waals surface area contributed by atoms with Gasteiger partial charge in [-0.3, -0.25) is 0 Å². The summed E-state index contributed by atoms with van der Waals surface area (Å²) in [6.07, 6.45) is 2.56. The molecule has 0 radical (unpaired) electrons. The molecule has 0 aromatic rings. The molecule has 0 aliphatic rings. The number of hydrogen-bond acceptors (Lipinski definition) is 6. The molecule has 0 aliphatic carbocycles. The van der Waals surface area contributed by atoms with Crippen molar-refractivity contribution < 1.29 is 19.3 Å². The Bertz CT molecular complexity index is 205. The maximum Gasteiger partial charge on any atom is 0.0635 e. The molecule has 0 aliphatic heterocycles. The topological polar surface area (TPSA) is 100.0 Å². The van der Waals surface area contributed by atoms with Gasteiger partial charge in [-0.2, -0.15) is 0 Å². The Hall–Kier alpha value is -0.500. The van der Waals surface area contributed by atoms with Crippen LogP contribution in [0.2, 0.25) is 0 Å². The van der Waals surface area contributed by atoms with Crippen LogP contribution < -0.4 is 11.5 Å². The van der Waals surface area contributed by atoms with Crippen molar-refractivity contribution in [3.63, 3.8) is 0 Å². The molecule has 114 valence electrons. The minimum atomic E-state index is -0.564. The Labute approximate surface area is 115 Å². The summed E-state index contributed by atoms with van der Waals surface area (Å²) >= 11 is 0. The second kappa shape index (κ2) is 12.5. The standard InChI is InChI=1S/C13H28N2O4/c1-2-3-6-17-10-13(9-16,11-18-7-4-14)12-19-8-5-15/h2,16H,1,3-12,14-15H2. The van der Waals surface area contributed by atoms with Crippen molar-refractivity contribution in [1.29, 1.82) is 0 Å². The van der Waals surface area contributed by atoms with Crippen LogP contribution in [0.1, 0.15) is 6.42 Å². The highest BCUT2D eigenvalue weighted by Gasteiger charge is 2.31. The average Bonchev–Trinajstić information content (AvgIpc) is 2.43. The van der Waals surface area contributed by atoms with Crippen molar-refractivity contribution in [2.75, 3.05) is 59.3 Å². The monoisotopic (exact) mass is 276 g/mol. The summed E-state index contributed by atoms with van der Waals surface area (Å²) in [5.41, 5.74) is 10.2. The molecule has 0 unspecified atom stereocenters. The summed E-state index contributed by atoms with van der Waals surface area (Å²) in [5.74, 6) is 0. The van der Waals surface area contributed by atoms with Crippen LogP contribution in [0, 0.1) is 5.41 Å². The van der Waals surface area contributed by atoms with Gasteiger partial charge in [-0.1, -0.05) is 6.08 Å². The van der Waals surface area contributed by atoms with E-state index in [0.717, 1.165) is 6.42 Å². The van der Waals surface area contributed by atoms with Crippen LogP contribution in [0.4, 0.5) is 0 Å². The Morgan fingerprint density at radius 1 is 0.947 bits per heavy atom. The largest absolute Gasteiger partial charge is 0.396 e. The summed E-state index contributed by atoms with van der Waals surface area (Å²) in [4.78, 5) is 0. The zero-order valence-electron chi connectivity index (χ0n) is 11.7. The van der Waals surface area contributed by atoms with Gasteiger partial charge in [0.2, 0.25) is 0 Å². The summed E-state index contributed by atoms with van der Waals surface area (Å²) < 4.78 is 16.4. The molecule has 0 saturated heterocycles. The molecule has 0 spiro atoms. The molecule has 0 saturated carbocycles. The molecule has 0 atom stereocenters. The van der Waals surface area contributed by atoms with Crippen LogP contribution in [-0.4, -0.2) is 64.4 Å². The molecular weight excluding hydrogens is 248 g/mol. The van der Waals surface area contributed by atoms with Crippen molar-refractivity contribution >= 4 is 0 Å². The second-order valence-corrected chi connectivity index (χ2v) is 4.47. The zero-order valence-corrected chi connectivity index (χ0v) is 11.7. The van der Waals surface area contributed by atoms with E-state index in [1.165, 1.54) is 0 Å². The first-order chi connectivity index (χ1) is 9.24. The van der Waals surface area contributed by atoms with Gasteiger partial charge in [-0.15, -0.1) is 6.58 Å². The van der Waals surface area contributed by atoms with Gasteiger partial charge in [0.1, 0.15) is 0 Å². The third-order valence-corrected chi connectivity index (χ3v) is 2.55. The van der Waals surface area contributed by atoms with Gasteiger partial charge in [0.05, 0.1) is 51.7 Å². The minimum absolute atomic E-state index is 0.0732. The van der Waals surface area contributed by atoms with E-state index in [-0.39, 0.29) is 6.61 Å². The minimum Gasteiger partial charge on any atom is -0.396 e. The normalized spacial score (nSPS) is 11.7. The molecule has 5 N–H and O–H groups in total. The number of nitrogens with two attached hydrogens (primary N) is 2. The number of aliphatic hydroxyl groups excluding tert-OH is 1. The molecule has 0 amide bonds. The van der Waals surface area contributed by atoms with E-state index in [1.807, 2.05) is 0 Å². The van der Waals surface area contributed by atoms with Crippen molar-refractivity contribution in [1.82, 2.24) is 0 Å². The third kappa shape index (κ3) is 9.10. The van der Waals surface area contributed by atoms with Crippen molar-refractivity contribution in [3.05, 3.63) is 12.7 Å². The van der Waals surface area contributed by atoms with Gasteiger partial charge >= 0.3 is 0 Å². The van der Waals surface area contributed by atoms with Gasteiger partial charge in [0.15, 0.2) is 0 Å². The quantitative estimate of drug-likeness (QED) is 0.292. The van der Waals surface area contributed by atoms with Gasteiger partial charge in [0.25, 0.3) is 0 Å². The van der Waals surface area contributed by atoms with E-state index in [9.17, 15) is 5.11 Å². The summed E-state index contributed by atoms with van der Waals surface area (Å²) in [6, 6.07) is 0. The molecule has 6 heteroatoms. The third-order valence-electron chi connectivity index (χ3n) is 2.55. The Kier molecular flexibility index (Phi) is 12.2. The van der Waals surface area contributed by atoms with Crippen LogP contribution in [0.3, 0.4) is 0 Å². The Morgan fingerprint density at radius 2 is 1.42 bits per heavy atom. The van der Waals surface area contributed by atoms with Crippen LogP contribution in [0.5, 0.6) is 0 Å². The van der Waals surface area contributed by atoms with Gasteiger partial charge < -0.3 is 30.8 Å². The molecule has 19 heavy (non-hydrogen) atoms. The fourth-order valence-electron chi connectivity index (χ4n) is 1.46. The Morgan fingerprint density at radius 3 is 1.79 bits per heavy atom. The maximum absolute atomic E-state index is 9.61. The zero-order chi connectivity index (χ0) is 14.4. The highest BCUT2D eigenvalue weighted by molar-refractivity contribution is 4.79. The molecule has 0 aromatic carbocycles. The van der Waals surface area contributed by atoms with Crippen molar-refractivity contribution in [2.24, 2.45) is 16.9 Å².